The largest absolute Gasteiger partial charge is 0.489 e. The van der Waals surface area contributed by atoms with Crippen LogP contribution in [0.2, 0.25) is 0 Å². The fourth-order valence-corrected chi connectivity index (χ4v) is 2.26. The molecule has 2 heteroatoms. The highest BCUT2D eigenvalue weighted by atomic mass is 16.5. The Morgan fingerprint density at radius 2 is 1.71 bits per heavy atom. The quantitative estimate of drug-likeness (QED) is 0.852. The van der Waals surface area contributed by atoms with Crippen LogP contribution < -0.4 is 10.5 Å². The number of nitrogens with two attached hydrogens (primary N) is 1. The van der Waals surface area contributed by atoms with Gasteiger partial charge in [-0.2, -0.15) is 0 Å². The van der Waals surface area contributed by atoms with Crippen LogP contribution >= 0.6 is 0 Å². The van der Waals surface area contributed by atoms with Crippen molar-refractivity contribution >= 4 is 0 Å². The third kappa shape index (κ3) is 3.85. The number of rotatable bonds is 6. The van der Waals surface area contributed by atoms with Crippen molar-refractivity contribution in [2.75, 3.05) is 0 Å². The summed E-state index contributed by atoms with van der Waals surface area (Å²) < 4.78 is 5.88. The molecule has 0 aromatic heterocycles. The van der Waals surface area contributed by atoms with Crippen LogP contribution in [0.1, 0.15) is 43.9 Å². The Morgan fingerprint density at radius 3 is 2.33 bits per heavy atom. The molecule has 0 saturated heterocycles. The fraction of sp³-hybridized carbons (Fsp3) is 0.368. The molecule has 112 valence electrons. The second kappa shape index (κ2) is 6.77. The van der Waals surface area contributed by atoms with Crippen molar-refractivity contribution in [3.8, 4) is 5.75 Å². The third-order valence-corrected chi connectivity index (χ3v) is 4.23. The lowest BCUT2D eigenvalue weighted by atomic mass is 9.81. The molecular weight excluding hydrogens is 258 g/mol. The molecule has 0 heterocycles. The van der Waals surface area contributed by atoms with E-state index in [-0.39, 0.29) is 5.41 Å². The van der Waals surface area contributed by atoms with Gasteiger partial charge >= 0.3 is 0 Å². The zero-order valence-corrected chi connectivity index (χ0v) is 13.2. The topological polar surface area (TPSA) is 35.2 Å². The Hall–Kier alpha value is -1.80. The predicted octanol–water partition coefficient (Wildman–Crippen LogP) is 4.41. The molecule has 0 spiro atoms. The van der Waals surface area contributed by atoms with E-state index in [1.807, 2.05) is 30.3 Å². The van der Waals surface area contributed by atoms with E-state index in [2.05, 4.69) is 39.0 Å². The zero-order chi connectivity index (χ0) is 15.3. The third-order valence-electron chi connectivity index (χ3n) is 4.23. The first-order valence-corrected chi connectivity index (χ1v) is 7.57. The molecule has 2 rings (SSSR count). The maximum Gasteiger partial charge on any atom is 0.119 e. The summed E-state index contributed by atoms with van der Waals surface area (Å²) in [5.74, 6) is 0.889. The van der Waals surface area contributed by atoms with Crippen LogP contribution in [0.5, 0.6) is 5.75 Å². The van der Waals surface area contributed by atoms with Gasteiger partial charge in [0.2, 0.25) is 0 Å². The number of benzene rings is 2. The Labute approximate surface area is 127 Å². The molecule has 2 aromatic carbocycles. The van der Waals surface area contributed by atoms with E-state index in [0.29, 0.717) is 13.2 Å². The highest BCUT2D eigenvalue weighted by Crippen LogP contribution is 2.28. The summed E-state index contributed by atoms with van der Waals surface area (Å²) in [4.78, 5) is 0. The first-order valence-electron chi connectivity index (χ1n) is 7.57. The maximum absolute atomic E-state index is 5.88. The molecule has 21 heavy (non-hydrogen) atoms. The van der Waals surface area contributed by atoms with Gasteiger partial charge in [-0.25, -0.2) is 0 Å². The molecule has 0 saturated carbocycles. The van der Waals surface area contributed by atoms with Gasteiger partial charge < -0.3 is 10.5 Å². The van der Waals surface area contributed by atoms with Crippen LogP contribution in [0, 0.1) is 0 Å². The molecule has 0 atom stereocenters. The van der Waals surface area contributed by atoms with Gasteiger partial charge in [-0.15, -0.1) is 0 Å². The van der Waals surface area contributed by atoms with Gasteiger partial charge in [0.05, 0.1) is 0 Å². The molecule has 0 radical (unpaired) electrons. The lowest BCUT2D eigenvalue weighted by Gasteiger charge is -2.25. The van der Waals surface area contributed by atoms with Crippen molar-refractivity contribution in [3.05, 3.63) is 65.2 Å². The smallest absolute Gasteiger partial charge is 0.119 e. The van der Waals surface area contributed by atoms with E-state index >= 15 is 0 Å². The van der Waals surface area contributed by atoms with Crippen LogP contribution in [0.4, 0.5) is 0 Å². The average Bonchev–Trinajstić information content (AvgIpc) is 2.53. The minimum atomic E-state index is 0.175. The number of hydrogen-bond donors (Lipinski definition) is 1. The number of ether oxygens (including phenoxy) is 1. The molecule has 0 aliphatic rings. The molecule has 2 nitrogen and oxygen atoms in total. The van der Waals surface area contributed by atoms with Crippen LogP contribution in [-0.4, -0.2) is 0 Å². The normalized spacial score (nSPS) is 11.4. The van der Waals surface area contributed by atoms with Gasteiger partial charge in [0, 0.05) is 6.54 Å². The van der Waals surface area contributed by atoms with E-state index in [4.69, 9.17) is 10.5 Å². The Kier molecular flexibility index (Phi) is 5.03. The molecule has 0 fully saturated rings. The van der Waals surface area contributed by atoms with E-state index in [9.17, 15) is 0 Å². The van der Waals surface area contributed by atoms with Crippen molar-refractivity contribution in [1.82, 2.24) is 0 Å². The predicted molar refractivity (Wildman–Crippen MR) is 88.4 cm³/mol. The first kappa shape index (κ1) is 15.6. The highest BCUT2D eigenvalue weighted by molar-refractivity contribution is 5.35. The summed E-state index contributed by atoms with van der Waals surface area (Å²) >= 11 is 0. The van der Waals surface area contributed by atoms with E-state index in [0.717, 1.165) is 17.7 Å². The van der Waals surface area contributed by atoms with Gasteiger partial charge in [0.1, 0.15) is 12.4 Å². The SMILES string of the molecule is CCC(C)(C)c1ccc(CN)c(COc2ccccc2)c1. The summed E-state index contributed by atoms with van der Waals surface area (Å²) in [6, 6.07) is 16.5. The number of hydrogen-bond acceptors (Lipinski definition) is 2. The molecule has 2 aromatic rings. The molecule has 2 N–H and O–H groups in total. The summed E-state index contributed by atoms with van der Waals surface area (Å²) in [5, 5.41) is 0. The average molecular weight is 283 g/mol. The molecule has 0 aliphatic carbocycles. The van der Waals surface area contributed by atoms with Crippen molar-refractivity contribution in [2.24, 2.45) is 5.73 Å². The minimum Gasteiger partial charge on any atom is -0.489 e. The van der Waals surface area contributed by atoms with Crippen LogP contribution in [0.25, 0.3) is 0 Å². The minimum absolute atomic E-state index is 0.175. The molecule has 0 aliphatic heterocycles. The standard InChI is InChI=1S/C19H25NO/c1-4-19(2,3)17-11-10-15(13-20)16(12-17)14-21-18-8-6-5-7-9-18/h5-12H,4,13-14,20H2,1-3H3. The van der Waals surface area contributed by atoms with Crippen molar-refractivity contribution < 1.29 is 4.74 Å². The maximum atomic E-state index is 5.88. The van der Waals surface area contributed by atoms with Gasteiger partial charge in [-0.3, -0.25) is 0 Å². The van der Waals surface area contributed by atoms with Crippen molar-refractivity contribution in [2.45, 2.75) is 45.8 Å². The lowest BCUT2D eigenvalue weighted by molar-refractivity contribution is 0.304. The summed E-state index contributed by atoms with van der Waals surface area (Å²) in [6.07, 6.45) is 1.11. The second-order valence-electron chi connectivity index (χ2n) is 6.03. The number of para-hydroxylation sites is 1. The summed E-state index contributed by atoms with van der Waals surface area (Å²) in [5.41, 5.74) is 9.71. The first-order chi connectivity index (χ1) is 10.1. The summed E-state index contributed by atoms with van der Waals surface area (Å²) in [7, 11) is 0. The van der Waals surface area contributed by atoms with Gasteiger partial charge in [0.15, 0.2) is 0 Å². The second-order valence-corrected chi connectivity index (χ2v) is 6.03. The molecule has 0 amide bonds. The van der Waals surface area contributed by atoms with Crippen LogP contribution in [0.3, 0.4) is 0 Å². The highest BCUT2D eigenvalue weighted by Gasteiger charge is 2.19. The van der Waals surface area contributed by atoms with Gasteiger partial charge in [-0.05, 0) is 40.7 Å². The van der Waals surface area contributed by atoms with Crippen LogP contribution in [-0.2, 0) is 18.6 Å². The Bertz CT molecular complexity index is 575. The van der Waals surface area contributed by atoms with Crippen molar-refractivity contribution in [3.63, 3.8) is 0 Å². The van der Waals surface area contributed by atoms with Gasteiger partial charge in [-0.1, -0.05) is 57.2 Å². The fourth-order valence-electron chi connectivity index (χ4n) is 2.26. The molecule has 0 unspecified atom stereocenters. The van der Waals surface area contributed by atoms with E-state index < -0.39 is 0 Å². The Balaban J connectivity index is 2.22. The van der Waals surface area contributed by atoms with E-state index in [1.165, 1.54) is 11.1 Å². The summed E-state index contributed by atoms with van der Waals surface area (Å²) in [6.45, 7) is 7.86. The Morgan fingerprint density at radius 1 is 1.00 bits per heavy atom. The zero-order valence-electron chi connectivity index (χ0n) is 13.2. The van der Waals surface area contributed by atoms with Gasteiger partial charge in [0.25, 0.3) is 0 Å². The molecular formula is C19H25NO. The van der Waals surface area contributed by atoms with E-state index in [1.54, 1.807) is 0 Å². The van der Waals surface area contributed by atoms with Crippen molar-refractivity contribution in [1.29, 1.82) is 0 Å². The molecule has 0 bridgehead atoms. The lowest BCUT2D eigenvalue weighted by Crippen LogP contribution is -2.17. The monoisotopic (exact) mass is 283 g/mol. The van der Waals surface area contributed by atoms with Crippen LogP contribution in [0.15, 0.2) is 48.5 Å².